The van der Waals surface area contributed by atoms with Crippen LogP contribution in [-0.4, -0.2) is 34.7 Å². The first-order chi connectivity index (χ1) is 17.6. The molecule has 0 radical (unpaired) electrons. The van der Waals surface area contributed by atoms with Crippen LogP contribution in [0.5, 0.6) is 5.75 Å². The number of Topliss-reactive ketones (excluding diaryl/α,β-unsaturated/α-hetero) is 2. The van der Waals surface area contributed by atoms with Crippen LogP contribution in [0.1, 0.15) is 44.4 Å². The Labute approximate surface area is 224 Å². The van der Waals surface area contributed by atoms with Crippen molar-refractivity contribution in [3.8, 4) is 5.75 Å². The van der Waals surface area contributed by atoms with Gasteiger partial charge in [-0.15, -0.1) is 0 Å². The van der Waals surface area contributed by atoms with E-state index in [-0.39, 0.29) is 32.3 Å². The van der Waals surface area contributed by atoms with E-state index in [1.54, 1.807) is 31.2 Å². The summed E-state index contributed by atoms with van der Waals surface area (Å²) in [5.74, 6) is -2.20. The number of para-hydroxylation sites is 1. The van der Waals surface area contributed by atoms with Crippen LogP contribution in [0.3, 0.4) is 0 Å². The summed E-state index contributed by atoms with van der Waals surface area (Å²) in [4.78, 5) is 45.2. The number of anilines is 1. The van der Waals surface area contributed by atoms with Gasteiger partial charge in [-0.3, -0.25) is 19.3 Å². The number of methoxy groups -OCH3 is 1. The second-order valence-corrected chi connectivity index (χ2v) is 10.1. The van der Waals surface area contributed by atoms with Gasteiger partial charge in [-0.05, 0) is 36.8 Å². The average molecular weight is 557 g/mol. The summed E-state index contributed by atoms with van der Waals surface area (Å²) in [6.45, 7) is 3.04. The number of rotatable bonds is 6. The van der Waals surface area contributed by atoms with E-state index in [9.17, 15) is 19.5 Å². The largest absolute Gasteiger partial charge is 0.503 e. The Morgan fingerprint density at radius 2 is 1.92 bits per heavy atom. The number of amides is 1. The number of nitrogens with zero attached hydrogens (tertiary/aromatic N) is 2. The SMILES string of the molecule is COc1cccc2cc(C(=O)C3=C(O)C(=O)N(c4nc(C)c(C(C)=O)s4)C3c3ccc(Cl)c(Cl)c3)oc12. The molecule has 8 nitrogen and oxygen atoms in total. The topological polar surface area (TPSA) is 110 Å². The van der Waals surface area contributed by atoms with Gasteiger partial charge in [-0.2, -0.15) is 0 Å². The quantitative estimate of drug-likeness (QED) is 0.270. The monoisotopic (exact) mass is 556 g/mol. The van der Waals surface area contributed by atoms with Crippen LogP contribution >= 0.6 is 34.5 Å². The number of hydrogen-bond acceptors (Lipinski definition) is 8. The number of aromatic nitrogens is 1. The number of aryl methyl sites for hydroxylation is 1. The Balaban J connectivity index is 1.68. The molecule has 1 unspecified atom stereocenters. The fourth-order valence-corrected chi connectivity index (χ4v) is 5.58. The van der Waals surface area contributed by atoms with E-state index < -0.39 is 23.5 Å². The molecular weight excluding hydrogens is 539 g/mol. The van der Waals surface area contributed by atoms with E-state index in [0.717, 1.165) is 11.3 Å². The molecule has 0 aliphatic carbocycles. The molecule has 0 bridgehead atoms. The van der Waals surface area contributed by atoms with Crippen LogP contribution in [0.15, 0.2) is 58.2 Å². The van der Waals surface area contributed by atoms with Crippen molar-refractivity contribution in [1.82, 2.24) is 4.98 Å². The molecule has 1 amide bonds. The molecule has 188 valence electrons. The van der Waals surface area contributed by atoms with Crippen molar-refractivity contribution < 1.29 is 28.6 Å². The minimum Gasteiger partial charge on any atom is -0.503 e. The van der Waals surface area contributed by atoms with Crippen LogP contribution in [0.2, 0.25) is 10.0 Å². The molecule has 0 saturated carbocycles. The molecule has 5 rings (SSSR count). The van der Waals surface area contributed by atoms with Gasteiger partial charge in [0.1, 0.15) is 0 Å². The summed E-state index contributed by atoms with van der Waals surface area (Å²) < 4.78 is 11.1. The summed E-state index contributed by atoms with van der Waals surface area (Å²) in [5.41, 5.74) is 0.957. The summed E-state index contributed by atoms with van der Waals surface area (Å²) in [7, 11) is 1.48. The predicted molar refractivity (Wildman–Crippen MR) is 140 cm³/mol. The highest BCUT2D eigenvalue weighted by atomic mass is 35.5. The molecule has 4 aromatic rings. The number of aliphatic hydroxyl groups is 1. The fraction of sp³-hybridized carbons (Fsp3) is 0.154. The highest BCUT2D eigenvalue weighted by Gasteiger charge is 2.47. The molecule has 2 aromatic heterocycles. The molecule has 3 heterocycles. The highest BCUT2D eigenvalue weighted by molar-refractivity contribution is 7.17. The second kappa shape index (κ2) is 9.33. The van der Waals surface area contributed by atoms with Crippen LogP contribution in [0.25, 0.3) is 11.0 Å². The Morgan fingerprint density at radius 1 is 1.16 bits per heavy atom. The number of benzene rings is 2. The van der Waals surface area contributed by atoms with Crippen molar-refractivity contribution in [2.75, 3.05) is 12.0 Å². The number of aliphatic hydroxyl groups excluding tert-OH is 1. The van der Waals surface area contributed by atoms with E-state index in [1.165, 1.54) is 37.1 Å². The van der Waals surface area contributed by atoms with Crippen LogP contribution < -0.4 is 9.64 Å². The van der Waals surface area contributed by atoms with Crippen LogP contribution in [-0.2, 0) is 4.79 Å². The summed E-state index contributed by atoms with van der Waals surface area (Å²) in [5, 5.41) is 12.2. The molecule has 37 heavy (non-hydrogen) atoms. The zero-order chi connectivity index (χ0) is 26.6. The molecule has 0 fully saturated rings. The van der Waals surface area contributed by atoms with Gasteiger partial charge < -0.3 is 14.3 Å². The molecule has 0 spiro atoms. The lowest BCUT2D eigenvalue weighted by Crippen LogP contribution is -2.31. The molecular formula is C26H18Cl2N2O6S. The zero-order valence-electron chi connectivity index (χ0n) is 19.7. The minimum absolute atomic E-state index is 0.0968. The first-order valence-electron chi connectivity index (χ1n) is 10.9. The third-order valence-electron chi connectivity index (χ3n) is 5.97. The Bertz CT molecular complexity index is 1650. The summed E-state index contributed by atoms with van der Waals surface area (Å²) in [6, 6.07) is 10.2. The van der Waals surface area contributed by atoms with E-state index in [1.807, 2.05) is 0 Å². The number of carbonyl (C=O) groups excluding carboxylic acids is 3. The van der Waals surface area contributed by atoms with Gasteiger partial charge in [-0.25, -0.2) is 4.98 Å². The number of furan rings is 1. The van der Waals surface area contributed by atoms with E-state index in [4.69, 9.17) is 32.4 Å². The maximum atomic E-state index is 13.8. The van der Waals surface area contributed by atoms with Gasteiger partial charge in [0.05, 0.1) is 39.3 Å². The smallest absolute Gasteiger partial charge is 0.296 e. The third-order valence-corrected chi connectivity index (χ3v) is 7.97. The molecule has 1 atom stereocenters. The maximum absolute atomic E-state index is 13.8. The molecule has 1 aliphatic rings. The molecule has 0 saturated heterocycles. The number of ether oxygens (including phenoxy) is 1. The zero-order valence-corrected chi connectivity index (χ0v) is 22.0. The maximum Gasteiger partial charge on any atom is 0.296 e. The Kier molecular flexibility index (Phi) is 6.31. The Morgan fingerprint density at radius 3 is 2.57 bits per heavy atom. The first kappa shape index (κ1) is 25.0. The van der Waals surface area contributed by atoms with Crippen molar-refractivity contribution in [2.24, 2.45) is 0 Å². The van der Waals surface area contributed by atoms with Crippen LogP contribution in [0, 0.1) is 6.92 Å². The molecule has 2 aromatic carbocycles. The molecule has 11 heteroatoms. The van der Waals surface area contributed by atoms with Gasteiger partial charge in [-0.1, -0.05) is 52.7 Å². The van der Waals surface area contributed by atoms with Crippen molar-refractivity contribution in [2.45, 2.75) is 19.9 Å². The van der Waals surface area contributed by atoms with Gasteiger partial charge in [0.15, 0.2) is 33.8 Å². The van der Waals surface area contributed by atoms with Crippen molar-refractivity contribution in [1.29, 1.82) is 0 Å². The van der Waals surface area contributed by atoms with E-state index in [0.29, 0.717) is 32.9 Å². The highest BCUT2D eigenvalue weighted by Crippen LogP contribution is 2.45. The number of halogens is 2. The number of carbonyl (C=O) groups is 3. The lowest BCUT2D eigenvalue weighted by Gasteiger charge is -2.24. The summed E-state index contributed by atoms with van der Waals surface area (Å²) >= 11 is 13.4. The minimum atomic E-state index is -1.12. The number of hydrogen-bond donors (Lipinski definition) is 1. The lowest BCUT2D eigenvalue weighted by molar-refractivity contribution is -0.117. The van der Waals surface area contributed by atoms with Crippen molar-refractivity contribution >= 4 is 68.1 Å². The fourth-order valence-electron chi connectivity index (χ4n) is 4.29. The standard InChI is InChI=1S/C26H18Cl2N2O6S/c1-11-24(12(2)31)37-26(29-11)30-20(13-7-8-15(27)16(28)9-13)19(22(33)25(30)34)21(32)18-10-14-5-4-6-17(35-3)23(14)36-18/h4-10,20,33H,1-3H3. The average Bonchev–Trinajstić information content (AvgIpc) is 3.54. The molecule has 1 aliphatic heterocycles. The first-order valence-corrected chi connectivity index (χ1v) is 12.5. The summed E-state index contributed by atoms with van der Waals surface area (Å²) in [6.07, 6.45) is 0. The van der Waals surface area contributed by atoms with E-state index >= 15 is 0 Å². The van der Waals surface area contributed by atoms with Gasteiger partial charge in [0.25, 0.3) is 5.91 Å². The van der Waals surface area contributed by atoms with Crippen LogP contribution in [0.4, 0.5) is 5.13 Å². The van der Waals surface area contributed by atoms with Gasteiger partial charge in [0.2, 0.25) is 5.78 Å². The Hall–Kier alpha value is -3.66. The van der Waals surface area contributed by atoms with E-state index in [2.05, 4.69) is 4.98 Å². The van der Waals surface area contributed by atoms with Crippen molar-refractivity contribution in [3.63, 3.8) is 0 Å². The molecule has 1 N–H and O–H groups in total. The number of thiazole rings is 1. The van der Waals surface area contributed by atoms with Crippen molar-refractivity contribution in [3.05, 3.63) is 85.7 Å². The lowest BCUT2D eigenvalue weighted by atomic mass is 9.95. The number of fused-ring (bicyclic) bond motifs is 1. The second-order valence-electron chi connectivity index (χ2n) is 8.30. The number of ketones is 2. The third kappa shape index (κ3) is 4.09. The predicted octanol–water partition coefficient (Wildman–Crippen LogP) is 6.50. The van der Waals surface area contributed by atoms with Gasteiger partial charge in [0, 0.05) is 12.3 Å². The van der Waals surface area contributed by atoms with Gasteiger partial charge >= 0.3 is 0 Å². The normalized spacial score (nSPS) is 15.6.